The number of hydrogen-bond donors (Lipinski definition) is 1. The first-order valence-electron chi connectivity index (χ1n) is 5.85. The van der Waals surface area contributed by atoms with Crippen molar-refractivity contribution < 1.29 is 14.6 Å². The normalized spacial score (nSPS) is 21.6. The maximum absolute atomic E-state index is 8.92. The lowest BCUT2D eigenvalue weighted by molar-refractivity contribution is -0.163. The number of aliphatic hydroxyl groups excluding tert-OH is 1. The van der Waals surface area contributed by atoms with Crippen molar-refractivity contribution in [3.63, 3.8) is 0 Å². The molecule has 0 atom stereocenters. The van der Waals surface area contributed by atoms with Crippen LogP contribution >= 0.6 is 0 Å². The summed E-state index contributed by atoms with van der Waals surface area (Å²) in [4.78, 5) is 0. The molecular weight excluding hydrogens is 204 g/mol. The third-order valence-corrected chi connectivity index (χ3v) is 3.46. The van der Waals surface area contributed by atoms with Crippen molar-refractivity contribution in [2.75, 3.05) is 19.8 Å². The molecule has 3 nitrogen and oxygen atoms in total. The number of rotatable bonds is 2. The third-order valence-electron chi connectivity index (χ3n) is 3.46. The SMILES string of the molecule is OCCc1ccc2c(c1)CCC21OCCO1. The van der Waals surface area contributed by atoms with Crippen LogP contribution in [0.5, 0.6) is 0 Å². The molecule has 3 rings (SSSR count). The van der Waals surface area contributed by atoms with Crippen LogP contribution in [-0.4, -0.2) is 24.9 Å². The molecule has 1 saturated heterocycles. The summed E-state index contributed by atoms with van der Waals surface area (Å²) in [5, 5.41) is 8.92. The lowest BCUT2D eigenvalue weighted by Gasteiger charge is -2.22. The molecule has 1 aliphatic carbocycles. The van der Waals surface area contributed by atoms with Gasteiger partial charge in [-0.25, -0.2) is 0 Å². The van der Waals surface area contributed by atoms with Gasteiger partial charge in [0, 0.05) is 18.6 Å². The predicted molar refractivity (Wildman–Crippen MR) is 59.1 cm³/mol. The fourth-order valence-electron chi connectivity index (χ4n) is 2.70. The Morgan fingerprint density at radius 3 is 2.81 bits per heavy atom. The first kappa shape index (κ1) is 10.3. The van der Waals surface area contributed by atoms with Crippen molar-refractivity contribution in [2.45, 2.75) is 25.0 Å². The minimum atomic E-state index is -0.451. The van der Waals surface area contributed by atoms with Crippen molar-refractivity contribution in [2.24, 2.45) is 0 Å². The minimum absolute atomic E-state index is 0.205. The molecule has 0 radical (unpaired) electrons. The molecule has 1 N–H and O–H groups in total. The highest BCUT2D eigenvalue weighted by molar-refractivity contribution is 5.39. The second-order valence-electron chi connectivity index (χ2n) is 4.41. The Morgan fingerprint density at radius 2 is 2.06 bits per heavy atom. The van der Waals surface area contributed by atoms with Crippen molar-refractivity contribution in [3.8, 4) is 0 Å². The second kappa shape index (κ2) is 3.84. The Kier molecular flexibility index (Phi) is 2.46. The Hall–Kier alpha value is -0.900. The monoisotopic (exact) mass is 220 g/mol. The average Bonchev–Trinajstić information content (AvgIpc) is 2.89. The molecule has 0 bridgehead atoms. The van der Waals surface area contributed by atoms with Gasteiger partial charge < -0.3 is 14.6 Å². The fourth-order valence-corrected chi connectivity index (χ4v) is 2.70. The van der Waals surface area contributed by atoms with E-state index in [9.17, 15) is 0 Å². The van der Waals surface area contributed by atoms with E-state index in [0.29, 0.717) is 13.2 Å². The van der Waals surface area contributed by atoms with Crippen LogP contribution < -0.4 is 0 Å². The number of aryl methyl sites for hydroxylation is 1. The van der Waals surface area contributed by atoms with Gasteiger partial charge in [-0.05, 0) is 24.0 Å². The van der Waals surface area contributed by atoms with Gasteiger partial charge in [-0.1, -0.05) is 18.2 Å². The van der Waals surface area contributed by atoms with E-state index in [-0.39, 0.29) is 6.61 Å². The quantitative estimate of drug-likeness (QED) is 0.818. The third kappa shape index (κ3) is 1.47. The van der Waals surface area contributed by atoms with Gasteiger partial charge in [0.15, 0.2) is 5.79 Å². The molecule has 86 valence electrons. The van der Waals surface area contributed by atoms with E-state index in [1.54, 1.807) is 0 Å². The summed E-state index contributed by atoms with van der Waals surface area (Å²) in [5.74, 6) is -0.451. The van der Waals surface area contributed by atoms with Crippen molar-refractivity contribution in [1.29, 1.82) is 0 Å². The van der Waals surface area contributed by atoms with E-state index in [1.165, 1.54) is 16.7 Å². The number of ether oxygens (including phenoxy) is 2. The standard InChI is InChI=1S/C13H16O3/c14-6-4-10-1-2-12-11(9-10)3-5-13(12)15-7-8-16-13/h1-2,9,14H,3-8H2. The average molecular weight is 220 g/mol. The maximum Gasteiger partial charge on any atom is 0.195 e. The second-order valence-corrected chi connectivity index (χ2v) is 4.41. The van der Waals surface area contributed by atoms with Crippen LogP contribution in [0.4, 0.5) is 0 Å². The van der Waals surface area contributed by atoms with Crippen LogP contribution in [0, 0.1) is 0 Å². The van der Waals surface area contributed by atoms with Gasteiger partial charge >= 0.3 is 0 Å². The largest absolute Gasteiger partial charge is 0.396 e. The van der Waals surface area contributed by atoms with Crippen LogP contribution in [-0.2, 0) is 28.1 Å². The van der Waals surface area contributed by atoms with Crippen molar-refractivity contribution in [3.05, 3.63) is 34.9 Å². The molecule has 0 aromatic heterocycles. The van der Waals surface area contributed by atoms with Gasteiger partial charge in [-0.3, -0.25) is 0 Å². The number of benzene rings is 1. The lowest BCUT2D eigenvalue weighted by Crippen LogP contribution is -2.23. The summed E-state index contributed by atoms with van der Waals surface area (Å²) in [6.07, 6.45) is 2.65. The highest BCUT2D eigenvalue weighted by atomic mass is 16.7. The lowest BCUT2D eigenvalue weighted by atomic mass is 10.0. The van der Waals surface area contributed by atoms with Crippen LogP contribution in [0.3, 0.4) is 0 Å². The van der Waals surface area contributed by atoms with Gasteiger partial charge in [0.1, 0.15) is 0 Å². The number of aliphatic hydroxyl groups is 1. The van der Waals surface area contributed by atoms with Crippen molar-refractivity contribution >= 4 is 0 Å². The molecule has 2 aliphatic rings. The van der Waals surface area contributed by atoms with E-state index < -0.39 is 5.79 Å². The highest BCUT2D eigenvalue weighted by Crippen LogP contribution is 2.43. The molecule has 1 heterocycles. The van der Waals surface area contributed by atoms with Crippen molar-refractivity contribution in [1.82, 2.24) is 0 Å². The first-order valence-corrected chi connectivity index (χ1v) is 5.85. The summed E-state index contributed by atoms with van der Waals surface area (Å²) >= 11 is 0. The van der Waals surface area contributed by atoms with Gasteiger partial charge in [0.25, 0.3) is 0 Å². The fraction of sp³-hybridized carbons (Fsp3) is 0.538. The zero-order valence-corrected chi connectivity index (χ0v) is 9.24. The van der Waals surface area contributed by atoms with Gasteiger partial charge in [-0.15, -0.1) is 0 Å². The Balaban J connectivity index is 1.95. The van der Waals surface area contributed by atoms with E-state index in [2.05, 4.69) is 18.2 Å². The molecule has 0 unspecified atom stereocenters. The molecule has 0 amide bonds. The number of hydrogen-bond acceptors (Lipinski definition) is 3. The molecule has 16 heavy (non-hydrogen) atoms. The molecule has 1 aromatic rings. The Morgan fingerprint density at radius 1 is 1.25 bits per heavy atom. The molecule has 1 fully saturated rings. The van der Waals surface area contributed by atoms with E-state index in [0.717, 1.165) is 19.3 Å². The van der Waals surface area contributed by atoms with Crippen LogP contribution in [0.25, 0.3) is 0 Å². The van der Waals surface area contributed by atoms with Gasteiger partial charge in [0.2, 0.25) is 0 Å². The highest BCUT2D eigenvalue weighted by Gasteiger charge is 2.43. The summed E-state index contributed by atoms with van der Waals surface area (Å²) in [7, 11) is 0. The summed E-state index contributed by atoms with van der Waals surface area (Å²) < 4.78 is 11.5. The maximum atomic E-state index is 8.92. The van der Waals surface area contributed by atoms with E-state index >= 15 is 0 Å². The van der Waals surface area contributed by atoms with Crippen LogP contribution in [0.15, 0.2) is 18.2 Å². The zero-order chi connectivity index (χ0) is 11.0. The molecule has 1 spiro atoms. The molecule has 0 saturated carbocycles. The summed E-state index contributed by atoms with van der Waals surface area (Å²) in [6, 6.07) is 6.33. The Labute approximate surface area is 95.0 Å². The Bertz CT molecular complexity index is 394. The predicted octanol–water partition coefficient (Wildman–Crippen LogP) is 1.37. The van der Waals surface area contributed by atoms with E-state index in [1.807, 2.05) is 0 Å². The molecular formula is C13H16O3. The minimum Gasteiger partial charge on any atom is -0.396 e. The summed E-state index contributed by atoms with van der Waals surface area (Å²) in [6.45, 7) is 1.59. The molecule has 3 heteroatoms. The topological polar surface area (TPSA) is 38.7 Å². The zero-order valence-electron chi connectivity index (χ0n) is 9.24. The first-order chi connectivity index (χ1) is 7.84. The van der Waals surface area contributed by atoms with E-state index in [4.69, 9.17) is 14.6 Å². The number of fused-ring (bicyclic) bond motifs is 2. The smallest absolute Gasteiger partial charge is 0.195 e. The van der Waals surface area contributed by atoms with Gasteiger partial charge in [0.05, 0.1) is 13.2 Å². The van der Waals surface area contributed by atoms with Crippen LogP contribution in [0.1, 0.15) is 23.1 Å². The van der Waals surface area contributed by atoms with Gasteiger partial charge in [-0.2, -0.15) is 0 Å². The molecule has 1 aliphatic heterocycles. The van der Waals surface area contributed by atoms with Crippen LogP contribution in [0.2, 0.25) is 0 Å². The molecule has 1 aromatic carbocycles. The summed E-state index contributed by atoms with van der Waals surface area (Å²) in [5.41, 5.74) is 3.69.